The molecule has 1 N–H and O–H groups in total. The molecule has 0 aliphatic carbocycles. The molecule has 0 radical (unpaired) electrons. The Morgan fingerprint density at radius 1 is 1.02 bits per heavy atom. The highest BCUT2D eigenvalue weighted by Crippen LogP contribution is 2.53. The van der Waals surface area contributed by atoms with Crippen LogP contribution in [0.1, 0.15) is 36.0 Å². The van der Waals surface area contributed by atoms with E-state index >= 15 is 4.79 Å². The Bertz CT molecular complexity index is 1800. The minimum absolute atomic E-state index is 0.00585. The largest absolute Gasteiger partial charge is 0.497 e. The molecule has 11 nitrogen and oxygen atoms in total. The number of sulfonamides is 1. The van der Waals surface area contributed by atoms with Crippen LogP contribution in [0, 0.1) is 0 Å². The first kappa shape index (κ1) is 33.2. The molecular weight excluding hydrogens is 644 g/mol. The first-order valence-corrected chi connectivity index (χ1v) is 17.3. The summed E-state index contributed by atoms with van der Waals surface area (Å²) >= 11 is 6.59. The zero-order valence-electron chi connectivity index (χ0n) is 26.8. The zero-order chi connectivity index (χ0) is 33.7. The number of likely N-dealkylation sites (tertiary alicyclic amines) is 2. The molecule has 3 unspecified atom stereocenters. The van der Waals surface area contributed by atoms with Crippen LogP contribution in [0.5, 0.6) is 11.5 Å². The second-order valence-corrected chi connectivity index (χ2v) is 14.6. The van der Waals surface area contributed by atoms with Crippen molar-refractivity contribution in [2.45, 2.75) is 48.4 Å². The predicted molar refractivity (Wildman–Crippen MR) is 177 cm³/mol. The van der Waals surface area contributed by atoms with Crippen LogP contribution in [0.2, 0.25) is 5.02 Å². The third kappa shape index (κ3) is 5.55. The number of nitrogens with zero attached hydrogens (tertiary/aromatic N) is 4. The Balaban J connectivity index is 1.58. The molecule has 3 aromatic rings. The van der Waals surface area contributed by atoms with Crippen molar-refractivity contribution >= 4 is 39.1 Å². The van der Waals surface area contributed by atoms with E-state index in [0.717, 1.165) is 42.3 Å². The predicted octanol–water partition coefficient (Wildman–Crippen LogP) is 3.46. The van der Waals surface area contributed by atoms with Gasteiger partial charge in [0.2, 0.25) is 5.91 Å². The number of methoxy groups -OCH3 is 2. The number of amides is 2. The maximum absolute atomic E-state index is 15.3. The molecule has 2 fully saturated rings. The van der Waals surface area contributed by atoms with Crippen molar-refractivity contribution in [3.63, 3.8) is 0 Å². The van der Waals surface area contributed by atoms with Gasteiger partial charge in [-0.25, -0.2) is 12.7 Å². The van der Waals surface area contributed by atoms with Gasteiger partial charge in [-0.3, -0.25) is 19.4 Å². The molecule has 2 amide bonds. The number of likely N-dealkylation sites (N-methyl/N-ethyl adjacent to an activating group) is 1. The monoisotopic (exact) mass is 682 g/mol. The molecule has 3 aromatic carbocycles. The van der Waals surface area contributed by atoms with Gasteiger partial charge in [-0.1, -0.05) is 35.9 Å². The lowest BCUT2D eigenvalue weighted by molar-refractivity contribution is -0.138. The first-order valence-electron chi connectivity index (χ1n) is 15.5. The molecule has 3 atom stereocenters. The summed E-state index contributed by atoms with van der Waals surface area (Å²) in [6.45, 7) is 2.71. The van der Waals surface area contributed by atoms with Gasteiger partial charge in [0.15, 0.2) is 5.54 Å². The van der Waals surface area contributed by atoms with E-state index in [4.69, 9.17) is 21.1 Å². The molecule has 0 saturated carbocycles. The van der Waals surface area contributed by atoms with Crippen LogP contribution < -0.4 is 13.8 Å². The number of ether oxygens (including phenoxy) is 2. The number of benzene rings is 3. The number of halogens is 1. The lowest BCUT2D eigenvalue weighted by atomic mass is 9.81. The maximum Gasteiger partial charge on any atom is 0.274 e. The van der Waals surface area contributed by atoms with Gasteiger partial charge in [-0.15, -0.1) is 0 Å². The summed E-state index contributed by atoms with van der Waals surface area (Å²) in [6.07, 6.45) is 1.41. The summed E-state index contributed by atoms with van der Waals surface area (Å²) in [5, 5.41) is 11.3. The van der Waals surface area contributed by atoms with Crippen molar-refractivity contribution in [1.82, 2.24) is 14.7 Å². The first-order chi connectivity index (χ1) is 22.4. The summed E-state index contributed by atoms with van der Waals surface area (Å²) in [7, 11) is 1.40. The van der Waals surface area contributed by atoms with Crippen molar-refractivity contribution in [2.24, 2.45) is 0 Å². The number of β-amino-alcohol motifs (C(OH)–C–C–N with tert-alkyl or cyclic N) is 1. The normalized spacial score (nSPS) is 23.3. The Hall–Kier alpha value is -3.68. The molecular formula is C34H39ClN4O7S. The molecule has 2 saturated heterocycles. The minimum Gasteiger partial charge on any atom is -0.497 e. The summed E-state index contributed by atoms with van der Waals surface area (Å²) in [5.74, 6) is -0.763. The van der Waals surface area contributed by atoms with Crippen LogP contribution in [0.3, 0.4) is 0 Å². The number of carbonyl (C=O) groups excluding carboxylic acids is 2. The van der Waals surface area contributed by atoms with Gasteiger partial charge >= 0.3 is 0 Å². The second kappa shape index (κ2) is 12.7. The van der Waals surface area contributed by atoms with Gasteiger partial charge in [0.1, 0.15) is 16.4 Å². The van der Waals surface area contributed by atoms with E-state index in [-0.39, 0.29) is 40.2 Å². The van der Waals surface area contributed by atoms with Crippen LogP contribution in [-0.2, 0) is 31.7 Å². The molecule has 0 spiro atoms. The Labute approximate surface area is 280 Å². The van der Waals surface area contributed by atoms with Crippen LogP contribution in [0.25, 0.3) is 0 Å². The van der Waals surface area contributed by atoms with Crippen molar-refractivity contribution in [1.29, 1.82) is 0 Å². The van der Waals surface area contributed by atoms with E-state index in [1.54, 1.807) is 25.1 Å². The van der Waals surface area contributed by atoms with Crippen LogP contribution in [0.15, 0.2) is 65.6 Å². The fourth-order valence-electron chi connectivity index (χ4n) is 7.16. The summed E-state index contributed by atoms with van der Waals surface area (Å²) in [5.41, 5.74) is 0.0611. The van der Waals surface area contributed by atoms with E-state index in [9.17, 15) is 18.3 Å². The fraction of sp³-hybridized carbons (Fsp3) is 0.412. The average molecular weight is 683 g/mol. The molecule has 250 valence electrons. The Morgan fingerprint density at radius 2 is 1.72 bits per heavy atom. The van der Waals surface area contributed by atoms with Crippen LogP contribution >= 0.6 is 11.6 Å². The van der Waals surface area contributed by atoms with Gasteiger partial charge in [0.25, 0.3) is 15.9 Å². The Kier molecular flexibility index (Phi) is 9.00. The molecule has 13 heteroatoms. The summed E-state index contributed by atoms with van der Waals surface area (Å²) < 4.78 is 40.8. The van der Waals surface area contributed by atoms with Crippen molar-refractivity contribution in [2.75, 3.05) is 52.3 Å². The van der Waals surface area contributed by atoms with Crippen molar-refractivity contribution in [3.05, 3.63) is 82.4 Å². The number of aliphatic hydroxyl groups excluding tert-OH is 1. The van der Waals surface area contributed by atoms with E-state index in [0.29, 0.717) is 16.9 Å². The Morgan fingerprint density at radius 3 is 2.36 bits per heavy atom. The summed E-state index contributed by atoms with van der Waals surface area (Å²) in [6, 6.07) is 15.4. The van der Waals surface area contributed by atoms with E-state index in [1.807, 2.05) is 24.3 Å². The SMILES string of the molecule is COc1ccc(S(=O)(=O)N2C(=O)C(c3ccc(CN4CCCC4)cc3)(N3CC(O)CC3C(=O)N(C)C)c3cc(Cl)ccc32)c(OC)c1. The van der Waals surface area contributed by atoms with Gasteiger partial charge in [0, 0.05) is 43.8 Å². The lowest BCUT2D eigenvalue weighted by Crippen LogP contribution is -2.59. The third-order valence-corrected chi connectivity index (χ3v) is 11.3. The smallest absolute Gasteiger partial charge is 0.274 e. The zero-order valence-corrected chi connectivity index (χ0v) is 28.4. The number of hydrogen-bond donors (Lipinski definition) is 1. The van der Waals surface area contributed by atoms with E-state index < -0.39 is 33.6 Å². The standard InChI is InChI=1S/C34H39ClN4O7S/c1-36(2)32(41)29-18-25(40)21-38(29)34(23-9-7-22(8-10-23)20-37-15-5-6-16-37)27-17-24(35)11-13-28(27)39(33(34)42)47(43,44)31-14-12-26(45-3)19-30(31)46-4/h7-14,17,19,25,29,40H,5-6,15-16,18,20-21H2,1-4H3. The minimum atomic E-state index is -4.61. The highest BCUT2D eigenvalue weighted by molar-refractivity contribution is 7.93. The maximum atomic E-state index is 15.3. The van der Waals surface area contributed by atoms with Gasteiger partial charge < -0.3 is 19.5 Å². The quantitative estimate of drug-likeness (QED) is 0.362. The molecule has 47 heavy (non-hydrogen) atoms. The van der Waals surface area contributed by atoms with E-state index in [1.165, 1.54) is 49.5 Å². The number of fused-ring (bicyclic) bond motifs is 1. The second-order valence-electron chi connectivity index (χ2n) is 12.4. The lowest BCUT2D eigenvalue weighted by Gasteiger charge is -2.41. The third-order valence-electron chi connectivity index (χ3n) is 9.36. The number of hydrogen-bond acceptors (Lipinski definition) is 9. The van der Waals surface area contributed by atoms with Gasteiger partial charge in [0.05, 0.1) is 32.1 Å². The molecule has 3 heterocycles. The number of aliphatic hydroxyl groups is 1. The van der Waals surface area contributed by atoms with Gasteiger partial charge in [-0.2, -0.15) is 0 Å². The number of anilines is 1. The topological polar surface area (TPSA) is 120 Å². The van der Waals surface area contributed by atoms with Crippen LogP contribution in [-0.4, -0.2) is 100 Å². The van der Waals surface area contributed by atoms with Crippen molar-refractivity contribution < 1.29 is 32.6 Å². The highest BCUT2D eigenvalue weighted by atomic mass is 35.5. The number of carbonyl (C=O) groups is 2. The van der Waals surface area contributed by atoms with Crippen LogP contribution in [0.4, 0.5) is 5.69 Å². The van der Waals surface area contributed by atoms with Crippen molar-refractivity contribution in [3.8, 4) is 11.5 Å². The van der Waals surface area contributed by atoms with E-state index in [2.05, 4.69) is 4.90 Å². The molecule has 0 aromatic heterocycles. The molecule has 3 aliphatic heterocycles. The molecule has 6 rings (SSSR count). The summed E-state index contributed by atoms with van der Waals surface area (Å²) in [4.78, 5) is 34.2. The molecule has 3 aliphatic rings. The van der Waals surface area contributed by atoms with Gasteiger partial charge in [-0.05, 0) is 73.8 Å². The number of rotatable bonds is 9. The molecule has 0 bridgehead atoms. The highest BCUT2D eigenvalue weighted by Gasteiger charge is 2.63. The fourth-order valence-corrected chi connectivity index (χ4v) is 8.93. The average Bonchev–Trinajstić information content (AvgIpc) is 3.77.